The van der Waals surface area contributed by atoms with Crippen LogP contribution in [0.4, 0.5) is 0 Å². The molecule has 1 saturated heterocycles. The molecule has 0 amide bonds. The summed E-state index contributed by atoms with van der Waals surface area (Å²) in [4.78, 5) is 6.87. The molecular weight excluding hydrogens is 389 g/mol. The van der Waals surface area contributed by atoms with E-state index in [4.69, 9.17) is 5.73 Å². The second kappa shape index (κ2) is 7.66. The number of likely N-dealkylation sites (tertiary alicyclic amines) is 1. The van der Waals surface area contributed by atoms with Crippen molar-refractivity contribution >= 4 is 29.9 Å². The molecule has 124 valence electrons. The number of fused-ring (bicyclic) bond motifs is 1. The molecule has 2 N–H and O–H groups in total. The number of aryl methyl sites for hydroxylation is 2. The van der Waals surface area contributed by atoms with Crippen LogP contribution < -0.4 is 5.73 Å². The van der Waals surface area contributed by atoms with E-state index in [9.17, 15) is 0 Å². The third-order valence-corrected chi connectivity index (χ3v) is 4.95. The van der Waals surface area contributed by atoms with E-state index >= 15 is 0 Å². The fraction of sp³-hybridized carbons (Fsp3) is 0.750. The normalized spacial score (nSPS) is 19.7. The maximum atomic E-state index is 6.18. The Morgan fingerprint density at radius 3 is 2.68 bits per heavy atom. The van der Waals surface area contributed by atoms with Gasteiger partial charge in [-0.3, -0.25) is 4.68 Å². The highest BCUT2D eigenvalue weighted by molar-refractivity contribution is 14.0. The van der Waals surface area contributed by atoms with Crippen LogP contribution in [0.15, 0.2) is 4.99 Å². The molecular formula is C16H28IN5. The lowest BCUT2D eigenvalue weighted by Gasteiger charge is -2.31. The van der Waals surface area contributed by atoms with E-state index in [0.717, 1.165) is 31.8 Å². The Morgan fingerprint density at radius 2 is 1.95 bits per heavy atom. The first-order valence-electron chi connectivity index (χ1n) is 8.23. The highest BCUT2D eigenvalue weighted by Crippen LogP contribution is 2.24. The highest BCUT2D eigenvalue weighted by atomic mass is 127. The van der Waals surface area contributed by atoms with Gasteiger partial charge in [0.1, 0.15) is 0 Å². The molecule has 1 aliphatic heterocycles. The van der Waals surface area contributed by atoms with Gasteiger partial charge < -0.3 is 10.6 Å². The largest absolute Gasteiger partial charge is 0.370 e. The smallest absolute Gasteiger partial charge is 0.191 e. The van der Waals surface area contributed by atoms with E-state index in [2.05, 4.69) is 21.9 Å². The summed E-state index contributed by atoms with van der Waals surface area (Å²) in [5.74, 6) is 1.52. The van der Waals surface area contributed by atoms with Crippen LogP contribution in [-0.2, 0) is 26.4 Å². The predicted octanol–water partition coefficient (Wildman–Crippen LogP) is 2.46. The molecule has 1 aliphatic carbocycles. The van der Waals surface area contributed by atoms with Gasteiger partial charge in [0, 0.05) is 20.1 Å². The number of nitrogens with zero attached hydrogens (tertiary/aromatic N) is 4. The summed E-state index contributed by atoms with van der Waals surface area (Å²) in [7, 11) is 2.03. The lowest BCUT2D eigenvalue weighted by atomic mass is 9.96. The average molecular weight is 417 g/mol. The van der Waals surface area contributed by atoms with Crippen LogP contribution in [-0.4, -0.2) is 33.7 Å². The minimum Gasteiger partial charge on any atom is -0.370 e. The van der Waals surface area contributed by atoms with Crippen molar-refractivity contribution in [3.05, 3.63) is 17.0 Å². The molecule has 0 bridgehead atoms. The average Bonchev–Trinajstić information content (AvgIpc) is 2.81. The van der Waals surface area contributed by atoms with Gasteiger partial charge in [0.2, 0.25) is 0 Å². The predicted molar refractivity (Wildman–Crippen MR) is 101 cm³/mol. The third-order valence-electron chi connectivity index (χ3n) is 4.95. The Labute approximate surface area is 150 Å². The van der Waals surface area contributed by atoms with Crippen molar-refractivity contribution in [1.82, 2.24) is 14.7 Å². The van der Waals surface area contributed by atoms with E-state index in [1.807, 2.05) is 11.7 Å². The third kappa shape index (κ3) is 3.75. The van der Waals surface area contributed by atoms with Crippen LogP contribution in [0.3, 0.4) is 0 Å². The summed E-state index contributed by atoms with van der Waals surface area (Å²) in [5.41, 5.74) is 10.1. The van der Waals surface area contributed by atoms with Crippen molar-refractivity contribution < 1.29 is 0 Å². The Morgan fingerprint density at radius 1 is 1.27 bits per heavy atom. The van der Waals surface area contributed by atoms with Gasteiger partial charge in [-0.2, -0.15) is 5.10 Å². The van der Waals surface area contributed by atoms with Crippen molar-refractivity contribution in [3.8, 4) is 0 Å². The lowest BCUT2D eigenvalue weighted by Crippen LogP contribution is -2.42. The molecule has 2 aliphatic rings. The summed E-state index contributed by atoms with van der Waals surface area (Å²) in [6, 6.07) is 0. The number of aromatic nitrogens is 2. The molecule has 22 heavy (non-hydrogen) atoms. The summed E-state index contributed by atoms with van der Waals surface area (Å²) in [6.07, 6.45) is 7.24. The van der Waals surface area contributed by atoms with Crippen LogP contribution in [0, 0.1) is 5.92 Å². The lowest BCUT2D eigenvalue weighted by molar-refractivity contribution is 0.277. The van der Waals surface area contributed by atoms with E-state index in [0.29, 0.717) is 12.5 Å². The van der Waals surface area contributed by atoms with Crippen LogP contribution in [0.5, 0.6) is 0 Å². The number of halogens is 1. The summed E-state index contributed by atoms with van der Waals surface area (Å²) >= 11 is 0. The van der Waals surface area contributed by atoms with Crippen molar-refractivity contribution in [2.45, 2.75) is 52.0 Å². The second-order valence-electron chi connectivity index (χ2n) is 6.55. The number of hydrogen-bond acceptors (Lipinski definition) is 2. The van der Waals surface area contributed by atoms with Gasteiger partial charge in [0.05, 0.1) is 17.9 Å². The van der Waals surface area contributed by atoms with Gasteiger partial charge in [-0.15, -0.1) is 24.0 Å². The molecule has 3 rings (SSSR count). The fourth-order valence-electron chi connectivity index (χ4n) is 3.44. The number of rotatable bonds is 2. The van der Waals surface area contributed by atoms with Crippen molar-refractivity contribution in [2.75, 3.05) is 13.1 Å². The standard InChI is InChI=1S/C16H27N5.HI/c1-12-7-9-21(10-8-12)16(17)18-11-15-13-5-3-4-6-14(13)19-20(15)2;/h12H,3-11H2,1-2H3,(H2,17,18);1H. The molecule has 6 heteroatoms. The first kappa shape index (κ1) is 17.6. The van der Waals surface area contributed by atoms with Crippen LogP contribution >= 0.6 is 24.0 Å². The Hall–Kier alpha value is -0.790. The van der Waals surface area contributed by atoms with Gasteiger partial charge in [0.15, 0.2) is 5.96 Å². The minimum absolute atomic E-state index is 0. The van der Waals surface area contributed by atoms with Crippen LogP contribution in [0.25, 0.3) is 0 Å². The van der Waals surface area contributed by atoms with E-state index in [1.165, 1.54) is 42.6 Å². The maximum absolute atomic E-state index is 6.18. The van der Waals surface area contributed by atoms with E-state index < -0.39 is 0 Å². The van der Waals surface area contributed by atoms with Gasteiger partial charge in [0.25, 0.3) is 0 Å². The monoisotopic (exact) mass is 417 g/mol. The second-order valence-corrected chi connectivity index (χ2v) is 6.55. The Kier molecular flexibility index (Phi) is 6.11. The van der Waals surface area contributed by atoms with Crippen molar-refractivity contribution in [1.29, 1.82) is 0 Å². The van der Waals surface area contributed by atoms with Crippen molar-refractivity contribution in [3.63, 3.8) is 0 Å². The quantitative estimate of drug-likeness (QED) is 0.457. The number of nitrogens with two attached hydrogens (primary N) is 1. The number of guanidine groups is 1. The van der Waals surface area contributed by atoms with E-state index in [-0.39, 0.29) is 24.0 Å². The van der Waals surface area contributed by atoms with Gasteiger partial charge >= 0.3 is 0 Å². The van der Waals surface area contributed by atoms with Crippen LogP contribution in [0.1, 0.15) is 49.6 Å². The molecule has 0 aromatic carbocycles. The summed E-state index contributed by atoms with van der Waals surface area (Å²) < 4.78 is 2.01. The summed E-state index contributed by atoms with van der Waals surface area (Å²) in [5, 5.41) is 4.64. The minimum atomic E-state index is 0. The maximum Gasteiger partial charge on any atom is 0.191 e. The summed E-state index contributed by atoms with van der Waals surface area (Å²) in [6.45, 7) is 5.06. The van der Waals surface area contributed by atoms with Crippen LogP contribution in [0.2, 0.25) is 0 Å². The van der Waals surface area contributed by atoms with Crippen molar-refractivity contribution in [2.24, 2.45) is 23.7 Å². The molecule has 1 aromatic heterocycles. The highest BCUT2D eigenvalue weighted by Gasteiger charge is 2.20. The zero-order chi connectivity index (χ0) is 14.8. The molecule has 0 atom stereocenters. The molecule has 2 heterocycles. The zero-order valence-electron chi connectivity index (χ0n) is 13.7. The van der Waals surface area contributed by atoms with E-state index in [1.54, 1.807) is 0 Å². The first-order chi connectivity index (χ1) is 10.1. The fourth-order valence-corrected chi connectivity index (χ4v) is 3.44. The van der Waals surface area contributed by atoms with Gasteiger partial charge in [-0.25, -0.2) is 4.99 Å². The van der Waals surface area contributed by atoms with Gasteiger partial charge in [-0.05, 0) is 50.0 Å². The molecule has 0 radical (unpaired) electrons. The molecule has 0 unspecified atom stereocenters. The molecule has 0 spiro atoms. The zero-order valence-corrected chi connectivity index (χ0v) is 16.0. The molecule has 0 saturated carbocycles. The first-order valence-corrected chi connectivity index (χ1v) is 8.23. The molecule has 5 nitrogen and oxygen atoms in total. The Balaban J connectivity index is 0.00000176. The number of hydrogen-bond donors (Lipinski definition) is 1. The molecule has 1 aromatic rings. The number of aliphatic imine (C=N–C) groups is 1. The topological polar surface area (TPSA) is 59.4 Å². The SMILES string of the molecule is CC1CCN(C(N)=NCc2c3c(nn2C)CCCC3)CC1.I. The molecule has 1 fully saturated rings. The Bertz CT molecular complexity index is 529. The van der Waals surface area contributed by atoms with Gasteiger partial charge in [-0.1, -0.05) is 6.92 Å². The number of piperidine rings is 1.